The summed E-state index contributed by atoms with van der Waals surface area (Å²) >= 11 is 0. The first-order valence-corrected chi connectivity index (χ1v) is 7.73. The molecule has 0 bridgehead atoms. The van der Waals surface area contributed by atoms with E-state index < -0.39 is 0 Å². The van der Waals surface area contributed by atoms with E-state index in [4.69, 9.17) is 0 Å². The third-order valence-electron chi connectivity index (χ3n) is 3.36. The van der Waals surface area contributed by atoms with Crippen LogP contribution in [-0.2, 0) is 11.2 Å². The molecular formula is C18H24N4O. The molecular weight excluding hydrogens is 288 g/mol. The van der Waals surface area contributed by atoms with E-state index in [1.165, 1.54) is 0 Å². The molecule has 122 valence electrons. The average molecular weight is 312 g/mol. The highest BCUT2D eigenvalue weighted by Gasteiger charge is 2.05. The Balaban J connectivity index is 1.84. The number of amides is 1. The second kappa shape index (κ2) is 8.29. The highest BCUT2D eigenvalue weighted by atomic mass is 16.1. The van der Waals surface area contributed by atoms with Crippen molar-refractivity contribution < 1.29 is 4.79 Å². The van der Waals surface area contributed by atoms with Crippen molar-refractivity contribution in [2.45, 2.75) is 13.3 Å². The summed E-state index contributed by atoms with van der Waals surface area (Å²) in [4.78, 5) is 18.5. The van der Waals surface area contributed by atoms with Gasteiger partial charge in [0.1, 0.15) is 5.82 Å². The molecule has 23 heavy (non-hydrogen) atoms. The fraction of sp³-hybridized carbons (Fsp3) is 0.333. The maximum Gasteiger partial charge on any atom is 0.228 e. The summed E-state index contributed by atoms with van der Waals surface area (Å²) in [5, 5.41) is 6.11. The summed E-state index contributed by atoms with van der Waals surface area (Å²) in [6, 6.07) is 11.7. The third-order valence-corrected chi connectivity index (χ3v) is 3.36. The molecule has 0 aliphatic carbocycles. The molecule has 2 N–H and O–H groups in total. The van der Waals surface area contributed by atoms with Crippen LogP contribution < -0.4 is 10.6 Å². The van der Waals surface area contributed by atoms with E-state index in [1.807, 2.05) is 57.4 Å². The van der Waals surface area contributed by atoms with Gasteiger partial charge < -0.3 is 15.5 Å². The number of hydrogen-bond acceptors (Lipinski definition) is 4. The number of carbonyl (C=O) groups is 1. The second-order valence-corrected chi connectivity index (χ2v) is 5.88. The van der Waals surface area contributed by atoms with Crippen molar-refractivity contribution in [1.82, 2.24) is 9.88 Å². The minimum atomic E-state index is -0.0364. The highest BCUT2D eigenvalue weighted by molar-refractivity contribution is 5.92. The van der Waals surface area contributed by atoms with Crippen molar-refractivity contribution >= 4 is 17.4 Å². The first-order chi connectivity index (χ1) is 11.0. The fourth-order valence-corrected chi connectivity index (χ4v) is 2.19. The van der Waals surface area contributed by atoms with Gasteiger partial charge in [0.25, 0.3) is 0 Å². The van der Waals surface area contributed by atoms with Gasteiger partial charge >= 0.3 is 0 Å². The average Bonchev–Trinajstić information content (AvgIpc) is 2.48. The second-order valence-electron chi connectivity index (χ2n) is 5.88. The fourth-order valence-electron chi connectivity index (χ4n) is 2.19. The Morgan fingerprint density at radius 1 is 1.22 bits per heavy atom. The zero-order valence-corrected chi connectivity index (χ0v) is 14.0. The van der Waals surface area contributed by atoms with E-state index in [0.717, 1.165) is 30.0 Å². The number of benzene rings is 1. The molecule has 1 amide bonds. The molecule has 2 aromatic rings. The summed E-state index contributed by atoms with van der Waals surface area (Å²) in [6.07, 6.45) is 2.04. The molecule has 5 nitrogen and oxygen atoms in total. The van der Waals surface area contributed by atoms with Gasteiger partial charge in [-0.15, -0.1) is 0 Å². The Morgan fingerprint density at radius 3 is 2.70 bits per heavy atom. The number of carbonyl (C=O) groups excluding carboxylic acids is 1. The van der Waals surface area contributed by atoms with Crippen molar-refractivity contribution in [3.05, 3.63) is 53.7 Å². The summed E-state index contributed by atoms with van der Waals surface area (Å²) in [6.45, 7) is 3.79. The lowest BCUT2D eigenvalue weighted by Crippen LogP contribution is -2.21. The maximum absolute atomic E-state index is 12.1. The molecule has 0 spiro atoms. The van der Waals surface area contributed by atoms with Crippen molar-refractivity contribution in [3.8, 4) is 0 Å². The lowest BCUT2D eigenvalue weighted by atomic mass is 10.1. The van der Waals surface area contributed by atoms with E-state index in [-0.39, 0.29) is 5.91 Å². The number of aromatic nitrogens is 1. The summed E-state index contributed by atoms with van der Waals surface area (Å²) in [5.74, 6) is 0.772. The van der Waals surface area contributed by atoms with E-state index in [1.54, 1.807) is 6.20 Å². The number of pyridine rings is 1. The molecule has 0 saturated heterocycles. The molecule has 0 saturated carbocycles. The Labute approximate surface area is 137 Å². The van der Waals surface area contributed by atoms with Gasteiger partial charge in [-0.25, -0.2) is 4.98 Å². The molecule has 0 fully saturated rings. The molecule has 0 aliphatic heterocycles. The number of hydrogen-bond donors (Lipinski definition) is 2. The minimum absolute atomic E-state index is 0.0364. The van der Waals surface area contributed by atoms with Gasteiger partial charge in [0.15, 0.2) is 0 Å². The zero-order chi connectivity index (χ0) is 16.7. The Bertz CT molecular complexity index is 638. The first-order valence-electron chi connectivity index (χ1n) is 7.73. The molecule has 1 aromatic carbocycles. The number of nitrogens with zero attached hydrogens (tertiary/aromatic N) is 2. The monoisotopic (exact) mass is 312 g/mol. The van der Waals surface area contributed by atoms with Crippen LogP contribution in [0.2, 0.25) is 0 Å². The Kier molecular flexibility index (Phi) is 6.11. The van der Waals surface area contributed by atoms with E-state index in [0.29, 0.717) is 12.1 Å². The van der Waals surface area contributed by atoms with Gasteiger partial charge in [-0.1, -0.05) is 29.8 Å². The van der Waals surface area contributed by atoms with Crippen molar-refractivity contribution in [2.24, 2.45) is 0 Å². The topological polar surface area (TPSA) is 57.3 Å². The first kappa shape index (κ1) is 17.0. The van der Waals surface area contributed by atoms with Gasteiger partial charge in [0.2, 0.25) is 5.91 Å². The number of nitrogens with one attached hydrogen (secondary N) is 2. The van der Waals surface area contributed by atoms with Crippen molar-refractivity contribution in [1.29, 1.82) is 0 Å². The molecule has 1 aromatic heterocycles. The van der Waals surface area contributed by atoms with Crippen LogP contribution in [0.1, 0.15) is 11.1 Å². The standard InChI is InChI=1S/C18H24N4O/c1-14-5-4-6-15(11-14)12-18(23)21-16-7-8-17(20-13-16)19-9-10-22(2)3/h4-8,11,13H,9-10,12H2,1-3H3,(H,19,20)(H,21,23). The minimum Gasteiger partial charge on any atom is -0.369 e. The van der Waals surface area contributed by atoms with Crippen LogP contribution in [0.25, 0.3) is 0 Å². The van der Waals surface area contributed by atoms with Gasteiger partial charge in [-0.05, 0) is 38.7 Å². The molecule has 0 radical (unpaired) electrons. The number of aryl methyl sites for hydroxylation is 1. The summed E-state index contributed by atoms with van der Waals surface area (Å²) < 4.78 is 0. The van der Waals surface area contributed by atoms with Crippen LogP contribution in [-0.4, -0.2) is 43.0 Å². The predicted molar refractivity (Wildman–Crippen MR) is 94.8 cm³/mol. The number of rotatable bonds is 7. The highest BCUT2D eigenvalue weighted by Crippen LogP contribution is 2.11. The Hall–Kier alpha value is -2.40. The zero-order valence-electron chi connectivity index (χ0n) is 14.0. The number of likely N-dealkylation sites (N-methyl/N-ethyl adjacent to an activating group) is 1. The largest absolute Gasteiger partial charge is 0.369 e. The van der Waals surface area contributed by atoms with Crippen molar-refractivity contribution in [2.75, 3.05) is 37.8 Å². The predicted octanol–water partition coefficient (Wildman–Crippen LogP) is 2.54. The van der Waals surface area contributed by atoms with Gasteiger partial charge in [-0.2, -0.15) is 0 Å². The molecule has 5 heteroatoms. The Morgan fingerprint density at radius 2 is 2.04 bits per heavy atom. The van der Waals surface area contributed by atoms with Crippen LogP contribution in [0.15, 0.2) is 42.6 Å². The molecule has 2 rings (SSSR count). The normalized spacial score (nSPS) is 10.6. The van der Waals surface area contributed by atoms with Gasteiger partial charge in [-0.3, -0.25) is 4.79 Å². The van der Waals surface area contributed by atoms with Crippen LogP contribution in [0.4, 0.5) is 11.5 Å². The molecule has 0 atom stereocenters. The maximum atomic E-state index is 12.1. The van der Waals surface area contributed by atoms with Gasteiger partial charge in [0.05, 0.1) is 18.3 Å². The van der Waals surface area contributed by atoms with Crippen LogP contribution in [0, 0.1) is 6.92 Å². The lowest BCUT2D eigenvalue weighted by molar-refractivity contribution is -0.115. The number of anilines is 2. The van der Waals surface area contributed by atoms with Crippen molar-refractivity contribution in [3.63, 3.8) is 0 Å². The quantitative estimate of drug-likeness (QED) is 0.825. The molecule has 0 unspecified atom stereocenters. The van der Waals surface area contributed by atoms with Gasteiger partial charge in [0, 0.05) is 13.1 Å². The van der Waals surface area contributed by atoms with Crippen LogP contribution in [0.5, 0.6) is 0 Å². The van der Waals surface area contributed by atoms with E-state index >= 15 is 0 Å². The van der Waals surface area contributed by atoms with E-state index in [2.05, 4.69) is 20.5 Å². The summed E-state index contributed by atoms with van der Waals surface area (Å²) in [7, 11) is 4.06. The van der Waals surface area contributed by atoms with Crippen LogP contribution in [0.3, 0.4) is 0 Å². The lowest BCUT2D eigenvalue weighted by Gasteiger charge is -2.11. The smallest absolute Gasteiger partial charge is 0.228 e. The molecule has 0 aliphatic rings. The molecule has 1 heterocycles. The van der Waals surface area contributed by atoms with Crippen LogP contribution >= 0.6 is 0 Å². The SMILES string of the molecule is Cc1cccc(CC(=O)Nc2ccc(NCCN(C)C)nc2)c1. The third kappa shape index (κ3) is 6.08. The van der Waals surface area contributed by atoms with E-state index in [9.17, 15) is 4.79 Å². The summed E-state index contributed by atoms with van der Waals surface area (Å²) in [5.41, 5.74) is 2.88.